The molecular weight excluding hydrogens is 745 g/mol. The number of hydrogen-bond acceptors (Lipinski definition) is 6. The summed E-state index contributed by atoms with van der Waals surface area (Å²) < 4.78 is 16.8. The van der Waals surface area contributed by atoms with Crippen LogP contribution in [0.1, 0.15) is 292 Å². The molecule has 0 spiro atoms. The van der Waals surface area contributed by atoms with Crippen LogP contribution in [0.5, 0.6) is 0 Å². The van der Waals surface area contributed by atoms with Crippen molar-refractivity contribution >= 4 is 17.9 Å². The number of hydrogen-bond donors (Lipinski definition) is 0. The Morgan fingerprint density at radius 1 is 0.333 bits per heavy atom. The van der Waals surface area contributed by atoms with Crippen molar-refractivity contribution in [1.29, 1.82) is 0 Å². The number of carbonyl (C=O) groups is 3. The molecule has 2 unspecified atom stereocenters. The van der Waals surface area contributed by atoms with Gasteiger partial charge in [-0.2, -0.15) is 0 Å². The van der Waals surface area contributed by atoms with Crippen LogP contribution in [0.2, 0.25) is 0 Å². The molecule has 0 aliphatic carbocycles. The highest BCUT2D eigenvalue weighted by atomic mass is 16.6. The van der Waals surface area contributed by atoms with E-state index >= 15 is 0 Å². The minimum Gasteiger partial charge on any atom is -0.462 e. The predicted molar refractivity (Wildman–Crippen MR) is 256 cm³/mol. The lowest BCUT2D eigenvalue weighted by molar-refractivity contribution is -0.167. The molecule has 60 heavy (non-hydrogen) atoms. The molecule has 356 valence electrons. The summed E-state index contributed by atoms with van der Waals surface area (Å²) >= 11 is 0. The SMILES string of the molecule is CCC(C)CCCCCCCCCCCCC(=O)OC[C@H](COC(=O)CCCCCCCCCCC(C)CC)OC(=O)CCCCCCCCCCCCCCCC(C)C. The minimum absolute atomic E-state index is 0.0648. The summed E-state index contributed by atoms with van der Waals surface area (Å²) in [6.45, 7) is 13.8. The van der Waals surface area contributed by atoms with Gasteiger partial charge in [-0.15, -0.1) is 0 Å². The Balaban J connectivity index is 4.33. The van der Waals surface area contributed by atoms with Gasteiger partial charge in [0.1, 0.15) is 13.2 Å². The van der Waals surface area contributed by atoms with Crippen molar-refractivity contribution in [3.8, 4) is 0 Å². The summed E-state index contributed by atoms with van der Waals surface area (Å²) in [6, 6.07) is 0. The average Bonchev–Trinajstić information content (AvgIpc) is 3.23. The van der Waals surface area contributed by atoms with Crippen LogP contribution in [0.15, 0.2) is 0 Å². The van der Waals surface area contributed by atoms with Crippen molar-refractivity contribution < 1.29 is 28.6 Å². The number of rotatable bonds is 47. The largest absolute Gasteiger partial charge is 0.462 e. The minimum atomic E-state index is -0.763. The molecule has 0 N–H and O–H groups in total. The summed E-state index contributed by atoms with van der Waals surface area (Å²) in [7, 11) is 0. The molecule has 0 saturated heterocycles. The van der Waals surface area contributed by atoms with E-state index in [0.29, 0.717) is 19.3 Å². The molecule has 0 aromatic rings. The molecule has 0 fully saturated rings. The van der Waals surface area contributed by atoms with E-state index in [0.717, 1.165) is 75.5 Å². The molecule has 0 aromatic carbocycles. The van der Waals surface area contributed by atoms with Crippen molar-refractivity contribution in [2.45, 2.75) is 298 Å². The molecule has 6 heteroatoms. The summed E-state index contributed by atoms with van der Waals surface area (Å²) in [5, 5.41) is 0. The van der Waals surface area contributed by atoms with Gasteiger partial charge in [0.15, 0.2) is 6.10 Å². The van der Waals surface area contributed by atoms with Crippen LogP contribution >= 0.6 is 0 Å². The van der Waals surface area contributed by atoms with Crippen molar-refractivity contribution in [2.75, 3.05) is 13.2 Å². The third-order valence-corrected chi connectivity index (χ3v) is 12.9. The van der Waals surface area contributed by atoms with Gasteiger partial charge >= 0.3 is 17.9 Å². The third-order valence-electron chi connectivity index (χ3n) is 12.9. The molecule has 0 saturated carbocycles. The first-order valence-electron chi connectivity index (χ1n) is 26.7. The lowest BCUT2D eigenvalue weighted by atomic mass is 9.99. The van der Waals surface area contributed by atoms with Crippen LogP contribution in [0, 0.1) is 17.8 Å². The molecule has 0 rings (SSSR count). The fraction of sp³-hybridized carbons (Fsp3) is 0.944. The second-order valence-electron chi connectivity index (χ2n) is 19.5. The quantitative estimate of drug-likeness (QED) is 0.0345. The second kappa shape index (κ2) is 45.4. The lowest BCUT2D eigenvalue weighted by Crippen LogP contribution is -2.30. The summed E-state index contributed by atoms with van der Waals surface area (Å²) in [6.07, 6.45) is 45.0. The van der Waals surface area contributed by atoms with Gasteiger partial charge in [0.2, 0.25) is 0 Å². The standard InChI is InChI=1S/C54H104O6/c1-7-49(5)41-35-29-23-17-14-15-18-25-31-37-43-52(55)58-46-51(47-59-53(56)44-38-32-26-21-20-24-30-36-42-50(6)8-2)60-54(57)45-39-33-27-19-13-11-9-10-12-16-22-28-34-40-48(3)4/h48-51H,7-47H2,1-6H3/t49?,50?,51-/m1/s1. The summed E-state index contributed by atoms with van der Waals surface area (Å²) in [4.78, 5) is 38.0. The van der Waals surface area contributed by atoms with Crippen molar-refractivity contribution in [1.82, 2.24) is 0 Å². The molecule has 0 bridgehead atoms. The Morgan fingerprint density at radius 3 is 0.867 bits per heavy atom. The maximum Gasteiger partial charge on any atom is 0.306 e. The van der Waals surface area contributed by atoms with Gasteiger partial charge in [-0.25, -0.2) is 0 Å². The van der Waals surface area contributed by atoms with E-state index in [4.69, 9.17) is 14.2 Å². The van der Waals surface area contributed by atoms with Crippen molar-refractivity contribution in [2.24, 2.45) is 17.8 Å². The van der Waals surface area contributed by atoms with Crippen LogP contribution < -0.4 is 0 Å². The fourth-order valence-electron chi connectivity index (χ4n) is 8.05. The van der Waals surface area contributed by atoms with E-state index in [1.54, 1.807) is 0 Å². The topological polar surface area (TPSA) is 78.9 Å². The first-order valence-corrected chi connectivity index (χ1v) is 26.7. The van der Waals surface area contributed by atoms with Gasteiger partial charge in [0.25, 0.3) is 0 Å². The zero-order chi connectivity index (χ0) is 44.2. The molecular formula is C54H104O6. The van der Waals surface area contributed by atoms with Crippen molar-refractivity contribution in [3.05, 3.63) is 0 Å². The Hall–Kier alpha value is -1.59. The van der Waals surface area contributed by atoms with Gasteiger partial charge in [-0.3, -0.25) is 14.4 Å². The summed E-state index contributed by atoms with van der Waals surface area (Å²) in [5.74, 6) is 1.70. The molecule has 0 heterocycles. The zero-order valence-electron chi connectivity index (χ0n) is 41.3. The van der Waals surface area contributed by atoms with Crippen molar-refractivity contribution in [3.63, 3.8) is 0 Å². The van der Waals surface area contributed by atoms with Crippen LogP contribution in [0.3, 0.4) is 0 Å². The van der Waals surface area contributed by atoms with E-state index in [9.17, 15) is 14.4 Å². The smallest absolute Gasteiger partial charge is 0.306 e. The Morgan fingerprint density at radius 2 is 0.583 bits per heavy atom. The Kier molecular flexibility index (Phi) is 44.2. The van der Waals surface area contributed by atoms with Crippen LogP contribution in [0.4, 0.5) is 0 Å². The lowest BCUT2D eigenvalue weighted by Gasteiger charge is -2.18. The van der Waals surface area contributed by atoms with E-state index in [-0.39, 0.29) is 31.1 Å². The number of esters is 3. The fourth-order valence-corrected chi connectivity index (χ4v) is 8.05. The van der Waals surface area contributed by atoms with Crippen LogP contribution in [-0.2, 0) is 28.6 Å². The molecule has 0 amide bonds. The number of carbonyl (C=O) groups excluding carboxylic acids is 3. The van der Waals surface area contributed by atoms with Gasteiger partial charge in [0.05, 0.1) is 0 Å². The molecule has 0 radical (unpaired) electrons. The van der Waals surface area contributed by atoms with Gasteiger partial charge < -0.3 is 14.2 Å². The second-order valence-corrected chi connectivity index (χ2v) is 19.5. The molecule has 0 aliphatic heterocycles. The molecule has 3 atom stereocenters. The molecule has 0 aromatic heterocycles. The van der Waals surface area contributed by atoms with Gasteiger partial charge in [-0.1, -0.05) is 253 Å². The first kappa shape index (κ1) is 58.4. The molecule has 0 aliphatic rings. The van der Waals surface area contributed by atoms with E-state index in [2.05, 4.69) is 41.5 Å². The third kappa shape index (κ3) is 44.5. The monoisotopic (exact) mass is 849 g/mol. The first-order chi connectivity index (χ1) is 29.2. The van der Waals surface area contributed by atoms with Crippen LogP contribution in [0.25, 0.3) is 0 Å². The summed E-state index contributed by atoms with van der Waals surface area (Å²) in [5.41, 5.74) is 0. The predicted octanol–water partition coefficient (Wildman–Crippen LogP) is 17.2. The maximum absolute atomic E-state index is 12.8. The zero-order valence-corrected chi connectivity index (χ0v) is 41.3. The number of unbranched alkanes of at least 4 members (excludes halogenated alkanes) is 28. The highest BCUT2D eigenvalue weighted by Crippen LogP contribution is 2.18. The highest BCUT2D eigenvalue weighted by molar-refractivity contribution is 5.71. The normalized spacial score (nSPS) is 13.1. The van der Waals surface area contributed by atoms with E-state index in [1.807, 2.05) is 0 Å². The van der Waals surface area contributed by atoms with Gasteiger partial charge in [-0.05, 0) is 37.0 Å². The van der Waals surface area contributed by atoms with Crippen LogP contribution in [-0.4, -0.2) is 37.2 Å². The van der Waals surface area contributed by atoms with E-state index in [1.165, 1.54) is 173 Å². The molecule has 6 nitrogen and oxygen atoms in total. The van der Waals surface area contributed by atoms with Gasteiger partial charge in [0, 0.05) is 19.3 Å². The highest BCUT2D eigenvalue weighted by Gasteiger charge is 2.19. The van der Waals surface area contributed by atoms with E-state index < -0.39 is 6.10 Å². The Labute approximate surface area is 374 Å². The average molecular weight is 849 g/mol. The number of ether oxygens (including phenoxy) is 3. The maximum atomic E-state index is 12.8. The Bertz CT molecular complexity index is 933.